The first-order chi connectivity index (χ1) is 16.5. The molecular formula is C23H24N6O4S. The van der Waals surface area contributed by atoms with Crippen LogP contribution in [-0.4, -0.2) is 39.8 Å². The number of hydrogen-bond acceptors (Lipinski definition) is 8. The lowest BCUT2D eigenvalue weighted by molar-refractivity contribution is -0.383. The molecule has 0 spiro atoms. The summed E-state index contributed by atoms with van der Waals surface area (Å²) in [6, 6.07) is 9.89. The van der Waals surface area contributed by atoms with E-state index in [1.54, 1.807) is 23.7 Å². The number of nitro groups is 1. The van der Waals surface area contributed by atoms with Crippen molar-refractivity contribution in [2.24, 2.45) is 0 Å². The minimum Gasteiger partial charge on any atom is -0.342 e. The van der Waals surface area contributed by atoms with Crippen molar-refractivity contribution < 1.29 is 14.5 Å². The summed E-state index contributed by atoms with van der Waals surface area (Å²) in [7, 11) is 0. The second-order valence-electron chi connectivity index (χ2n) is 7.81. The molecule has 2 amide bonds. The van der Waals surface area contributed by atoms with Crippen molar-refractivity contribution in [3.05, 3.63) is 80.0 Å². The zero-order chi connectivity index (χ0) is 23.9. The maximum absolute atomic E-state index is 12.6. The summed E-state index contributed by atoms with van der Waals surface area (Å²) in [4.78, 5) is 44.0. The number of carbonyl (C=O) groups is 2. The van der Waals surface area contributed by atoms with Gasteiger partial charge in [-0.25, -0.2) is 4.98 Å². The van der Waals surface area contributed by atoms with Crippen LogP contribution < -0.4 is 16.0 Å². The molecule has 1 aromatic carbocycles. The van der Waals surface area contributed by atoms with Crippen LogP contribution in [0.25, 0.3) is 0 Å². The molecule has 0 radical (unpaired) electrons. The largest absolute Gasteiger partial charge is 0.342 e. The van der Waals surface area contributed by atoms with E-state index in [9.17, 15) is 19.7 Å². The van der Waals surface area contributed by atoms with Gasteiger partial charge in [-0.2, -0.15) is 0 Å². The summed E-state index contributed by atoms with van der Waals surface area (Å²) >= 11 is 1.42. The normalized spacial score (nSPS) is 14.4. The van der Waals surface area contributed by atoms with Gasteiger partial charge in [0.15, 0.2) is 0 Å². The smallest absolute Gasteiger partial charge is 0.292 e. The van der Waals surface area contributed by atoms with Gasteiger partial charge in [0.1, 0.15) is 11.4 Å². The third-order valence-corrected chi connectivity index (χ3v) is 6.38. The average molecular weight is 481 g/mol. The molecule has 1 aliphatic carbocycles. The molecule has 34 heavy (non-hydrogen) atoms. The second-order valence-corrected chi connectivity index (χ2v) is 8.75. The number of amides is 2. The molecule has 0 saturated carbocycles. The Hall–Kier alpha value is -3.70. The van der Waals surface area contributed by atoms with Crippen molar-refractivity contribution in [1.29, 1.82) is 0 Å². The third-order valence-electron chi connectivity index (χ3n) is 5.47. The van der Waals surface area contributed by atoms with E-state index < -0.39 is 4.92 Å². The van der Waals surface area contributed by atoms with Crippen molar-refractivity contribution in [2.75, 3.05) is 18.4 Å². The Balaban J connectivity index is 1.17. The molecule has 1 aliphatic rings. The highest BCUT2D eigenvalue weighted by atomic mass is 32.1. The number of nitrogens with zero attached hydrogens (tertiary/aromatic N) is 3. The number of rotatable bonds is 10. The number of pyridine rings is 1. The first kappa shape index (κ1) is 23.5. The minimum absolute atomic E-state index is 0.0843. The van der Waals surface area contributed by atoms with E-state index in [1.807, 2.05) is 12.1 Å². The zero-order valence-electron chi connectivity index (χ0n) is 18.3. The van der Waals surface area contributed by atoms with Gasteiger partial charge in [0.2, 0.25) is 5.91 Å². The quantitative estimate of drug-likeness (QED) is 0.230. The maximum Gasteiger partial charge on any atom is 0.292 e. The first-order valence-electron chi connectivity index (χ1n) is 10.9. The molecule has 176 valence electrons. The van der Waals surface area contributed by atoms with E-state index in [1.165, 1.54) is 29.0 Å². The lowest BCUT2D eigenvalue weighted by Gasteiger charge is -2.11. The number of fused-ring (bicyclic) bond motifs is 1. The standard InChI is InChI=1S/C23H24N6O4S/c30-20(26-16-5-1-2-6-19(16)29(32)33)9-12-24-13-10-21-27-18(14-34-21)23(31)28-17-8-7-15-4-3-11-25-22(15)17/h1-6,11,14,17,24H,7-10,12-13H2,(H,26,30)(H,28,31). The van der Waals surface area contributed by atoms with E-state index >= 15 is 0 Å². The van der Waals surface area contributed by atoms with Gasteiger partial charge in [-0.1, -0.05) is 18.2 Å². The van der Waals surface area contributed by atoms with Crippen LogP contribution in [0.2, 0.25) is 0 Å². The Labute approximate surface area is 200 Å². The highest BCUT2D eigenvalue weighted by Crippen LogP contribution is 2.29. The van der Waals surface area contributed by atoms with Gasteiger partial charge >= 0.3 is 0 Å². The predicted molar refractivity (Wildman–Crippen MR) is 128 cm³/mol. The molecule has 1 unspecified atom stereocenters. The van der Waals surface area contributed by atoms with Gasteiger partial charge in [0.05, 0.1) is 21.7 Å². The Bertz CT molecular complexity index is 1200. The van der Waals surface area contributed by atoms with Crippen LogP contribution in [0.4, 0.5) is 11.4 Å². The summed E-state index contributed by atoms with van der Waals surface area (Å²) in [6.07, 6.45) is 4.28. The van der Waals surface area contributed by atoms with Crippen LogP contribution in [0.1, 0.15) is 45.6 Å². The van der Waals surface area contributed by atoms with E-state index in [4.69, 9.17) is 0 Å². The number of aromatic nitrogens is 2. The number of carbonyl (C=O) groups excluding carboxylic acids is 2. The number of aryl methyl sites for hydroxylation is 1. The topological polar surface area (TPSA) is 139 Å². The maximum atomic E-state index is 12.6. The minimum atomic E-state index is -0.528. The summed E-state index contributed by atoms with van der Waals surface area (Å²) in [6.45, 7) is 1.01. The average Bonchev–Trinajstić information content (AvgIpc) is 3.47. The lowest BCUT2D eigenvalue weighted by atomic mass is 10.2. The predicted octanol–water partition coefficient (Wildman–Crippen LogP) is 3.02. The third kappa shape index (κ3) is 5.80. The van der Waals surface area contributed by atoms with Crippen LogP contribution in [0, 0.1) is 10.1 Å². The molecule has 4 rings (SSSR count). The van der Waals surface area contributed by atoms with Crippen LogP contribution in [-0.2, 0) is 17.6 Å². The lowest BCUT2D eigenvalue weighted by Crippen LogP contribution is -2.28. The number of benzene rings is 1. The van der Waals surface area contributed by atoms with Crippen molar-refractivity contribution >= 4 is 34.5 Å². The molecular weight excluding hydrogens is 456 g/mol. The van der Waals surface area contributed by atoms with Gasteiger partial charge in [0.25, 0.3) is 11.6 Å². The molecule has 0 saturated heterocycles. The fourth-order valence-electron chi connectivity index (χ4n) is 3.79. The number of nitrogens with one attached hydrogen (secondary N) is 3. The first-order valence-corrected chi connectivity index (χ1v) is 11.8. The highest BCUT2D eigenvalue weighted by Gasteiger charge is 2.26. The fourth-order valence-corrected chi connectivity index (χ4v) is 4.57. The summed E-state index contributed by atoms with van der Waals surface area (Å²) in [5, 5.41) is 22.4. The van der Waals surface area contributed by atoms with Gasteiger partial charge < -0.3 is 16.0 Å². The van der Waals surface area contributed by atoms with Gasteiger partial charge in [0, 0.05) is 43.6 Å². The Morgan fingerprint density at radius 2 is 2.03 bits per heavy atom. The Kier molecular flexibility index (Phi) is 7.55. The number of hydrogen-bond donors (Lipinski definition) is 3. The molecule has 0 fully saturated rings. The SMILES string of the molecule is O=C(CCNCCc1nc(C(=O)NC2CCc3cccnc32)cs1)Nc1ccccc1[N+](=O)[O-]. The monoisotopic (exact) mass is 480 g/mol. The number of thiazole rings is 1. The fraction of sp³-hybridized carbons (Fsp3) is 0.304. The van der Waals surface area contributed by atoms with Crippen molar-refractivity contribution in [1.82, 2.24) is 20.6 Å². The molecule has 2 heterocycles. The summed E-state index contributed by atoms with van der Waals surface area (Å²) in [5.41, 5.74) is 2.55. The van der Waals surface area contributed by atoms with Gasteiger partial charge in [-0.05, 0) is 30.5 Å². The van der Waals surface area contributed by atoms with Crippen molar-refractivity contribution in [3.8, 4) is 0 Å². The van der Waals surface area contributed by atoms with E-state index in [-0.39, 0.29) is 35.7 Å². The van der Waals surface area contributed by atoms with E-state index in [0.29, 0.717) is 25.2 Å². The highest BCUT2D eigenvalue weighted by molar-refractivity contribution is 7.09. The molecule has 3 aromatic rings. The summed E-state index contributed by atoms with van der Waals surface area (Å²) in [5.74, 6) is -0.511. The molecule has 11 heteroatoms. The second kappa shape index (κ2) is 10.9. The Morgan fingerprint density at radius 3 is 2.88 bits per heavy atom. The Morgan fingerprint density at radius 1 is 1.18 bits per heavy atom. The molecule has 0 aliphatic heterocycles. The van der Waals surface area contributed by atoms with Crippen LogP contribution in [0.3, 0.4) is 0 Å². The molecule has 1 atom stereocenters. The van der Waals surface area contributed by atoms with Crippen LogP contribution >= 0.6 is 11.3 Å². The van der Waals surface area contributed by atoms with Crippen LogP contribution in [0.5, 0.6) is 0 Å². The number of nitro benzene ring substituents is 1. The number of anilines is 1. The molecule has 0 bridgehead atoms. The molecule has 3 N–H and O–H groups in total. The van der Waals surface area contributed by atoms with Crippen molar-refractivity contribution in [3.63, 3.8) is 0 Å². The molecule has 10 nitrogen and oxygen atoms in total. The van der Waals surface area contributed by atoms with E-state index in [2.05, 4.69) is 25.9 Å². The van der Waals surface area contributed by atoms with Gasteiger partial charge in [-0.15, -0.1) is 11.3 Å². The zero-order valence-corrected chi connectivity index (χ0v) is 19.1. The molecule has 2 aromatic heterocycles. The van der Waals surface area contributed by atoms with Crippen molar-refractivity contribution in [2.45, 2.75) is 31.7 Å². The van der Waals surface area contributed by atoms with Gasteiger partial charge in [-0.3, -0.25) is 24.7 Å². The number of para-hydroxylation sites is 2. The van der Waals surface area contributed by atoms with Crippen LogP contribution in [0.15, 0.2) is 48.0 Å². The van der Waals surface area contributed by atoms with E-state index in [0.717, 1.165) is 23.5 Å². The summed E-state index contributed by atoms with van der Waals surface area (Å²) < 4.78 is 0.